The number of nitrogens with zero attached hydrogens (tertiary/aromatic N) is 1. The van der Waals surface area contributed by atoms with Crippen molar-refractivity contribution in [1.29, 1.82) is 5.26 Å². The molecule has 21 heavy (non-hydrogen) atoms. The van der Waals surface area contributed by atoms with Gasteiger partial charge in [0, 0.05) is 0 Å². The van der Waals surface area contributed by atoms with Crippen LogP contribution in [0.25, 0.3) is 0 Å². The Bertz CT molecular complexity index is 692. The number of rotatable bonds is 6. The lowest BCUT2D eigenvalue weighted by Gasteiger charge is -2.13. The van der Waals surface area contributed by atoms with E-state index in [-0.39, 0.29) is 10.5 Å². The molecule has 0 radical (unpaired) electrons. The molecule has 0 bridgehead atoms. The van der Waals surface area contributed by atoms with Crippen LogP contribution in [0.5, 0.6) is 0 Å². The van der Waals surface area contributed by atoms with Gasteiger partial charge in [-0.1, -0.05) is 6.07 Å². The normalized spacial score (nSPS) is 12.2. The number of carboxylic acids is 1. The maximum Gasteiger partial charge on any atom is 0.322 e. The molecule has 0 aliphatic heterocycles. The molecule has 0 unspecified atom stereocenters. The molecule has 8 nitrogen and oxygen atoms in total. The minimum absolute atomic E-state index is 0.109. The predicted octanol–water partition coefficient (Wildman–Crippen LogP) is -0.147. The van der Waals surface area contributed by atoms with Gasteiger partial charge >= 0.3 is 11.9 Å². The third kappa shape index (κ3) is 4.55. The summed E-state index contributed by atoms with van der Waals surface area (Å²) in [5.74, 6) is -2.38. The molecular formula is C12H12N2O6S. The minimum Gasteiger partial charge on any atom is -0.480 e. The van der Waals surface area contributed by atoms with Crippen molar-refractivity contribution in [2.45, 2.75) is 17.4 Å². The lowest BCUT2D eigenvalue weighted by Crippen LogP contribution is -2.42. The maximum absolute atomic E-state index is 12.0. The Balaban J connectivity index is 3.03. The lowest BCUT2D eigenvalue weighted by atomic mass is 10.2. The zero-order chi connectivity index (χ0) is 16.0. The van der Waals surface area contributed by atoms with E-state index in [0.717, 1.165) is 13.2 Å². The largest absolute Gasteiger partial charge is 0.480 e. The van der Waals surface area contributed by atoms with Gasteiger partial charge in [0.05, 0.1) is 30.1 Å². The number of carboxylic acid groups (broad SMARTS) is 1. The summed E-state index contributed by atoms with van der Waals surface area (Å²) < 4.78 is 30.3. The van der Waals surface area contributed by atoms with Gasteiger partial charge in [-0.15, -0.1) is 0 Å². The maximum atomic E-state index is 12.0. The van der Waals surface area contributed by atoms with Gasteiger partial charge in [0.25, 0.3) is 0 Å². The number of benzene rings is 1. The first-order valence-electron chi connectivity index (χ1n) is 5.62. The molecule has 1 atom stereocenters. The fourth-order valence-corrected chi connectivity index (χ4v) is 2.65. The molecule has 0 spiro atoms. The third-order valence-corrected chi connectivity index (χ3v) is 3.94. The number of nitrogens with one attached hydrogen (secondary N) is 1. The van der Waals surface area contributed by atoms with E-state index in [0.29, 0.717) is 0 Å². The van der Waals surface area contributed by atoms with Crippen molar-refractivity contribution in [3.63, 3.8) is 0 Å². The van der Waals surface area contributed by atoms with E-state index < -0.39 is 34.4 Å². The Morgan fingerprint density at radius 3 is 2.67 bits per heavy atom. The lowest BCUT2D eigenvalue weighted by molar-refractivity contribution is -0.147. The van der Waals surface area contributed by atoms with Gasteiger partial charge in [0.2, 0.25) is 10.0 Å². The highest BCUT2D eigenvalue weighted by Crippen LogP contribution is 2.12. The van der Waals surface area contributed by atoms with Crippen LogP contribution in [-0.2, 0) is 24.3 Å². The summed E-state index contributed by atoms with van der Waals surface area (Å²) in [5.41, 5.74) is 0.109. The van der Waals surface area contributed by atoms with Crippen molar-refractivity contribution < 1.29 is 27.9 Å². The standard InChI is InChI=1S/C12H12N2O6S/c1-20-11(15)6-10(12(16)17)14-21(18,19)9-4-2-3-8(5-9)7-13/h2-5,10,14H,6H2,1H3,(H,16,17)/t10-/m0/s1. The van der Waals surface area contributed by atoms with Crippen molar-refractivity contribution in [2.24, 2.45) is 0 Å². The van der Waals surface area contributed by atoms with Gasteiger partial charge in [-0.2, -0.15) is 9.98 Å². The first kappa shape index (κ1) is 16.6. The van der Waals surface area contributed by atoms with Crippen LogP contribution in [0.15, 0.2) is 29.2 Å². The number of nitriles is 1. The molecule has 9 heteroatoms. The van der Waals surface area contributed by atoms with Crippen molar-refractivity contribution in [3.05, 3.63) is 29.8 Å². The molecule has 0 fully saturated rings. The molecule has 1 rings (SSSR count). The molecule has 1 aromatic rings. The van der Waals surface area contributed by atoms with E-state index in [1.807, 2.05) is 4.72 Å². The van der Waals surface area contributed by atoms with E-state index >= 15 is 0 Å². The number of hydrogen-bond acceptors (Lipinski definition) is 6. The first-order chi connectivity index (χ1) is 9.80. The number of carbonyl (C=O) groups excluding carboxylic acids is 1. The van der Waals surface area contributed by atoms with Gasteiger partial charge in [-0.05, 0) is 18.2 Å². The van der Waals surface area contributed by atoms with Crippen molar-refractivity contribution in [3.8, 4) is 6.07 Å². The molecule has 0 aromatic heterocycles. The molecule has 0 aliphatic carbocycles. The van der Waals surface area contributed by atoms with Gasteiger partial charge in [-0.3, -0.25) is 9.59 Å². The summed E-state index contributed by atoms with van der Waals surface area (Å²) in [7, 11) is -3.12. The smallest absolute Gasteiger partial charge is 0.322 e. The van der Waals surface area contributed by atoms with Gasteiger partial charge in [0.15, 0.2) is 0 Å². The Kier molecular flexibility index (Phi) is 5.40. The average Bonchev–Trinajstić information content (AvgIpc) is 2.46. The second kappa shape index (κ2) is 6.83. The van der Waals surface area contributed by atoms with Crippen LogP contribution >= 0.6 is 0 Å². The predicted molar refractivity (Wildman–Crippen MR) is 69.5 cm³/mol. The Hall–Kier alpha value is -2.44. The molecule has 0 amide bonds. The number of aliphatic carboxylic acids is 1. The van der Waals surface area contributed by atoms with Crippen LogP contribution in [0.1, 0.15) is 12.0 Å². The second-order valence-corrected chi connectivity index (χ2v) is 5.65. The molecule has 0 heterocycles. The van der Waals surface area contributed by atoms with E-state index in [4.69, 9.17) is 10.4 Å². The van der Waals surface area contributed by atoms with Crippen LogP contribution in [0.2, 0.25) is 0 Å². The van der Waals surface area contributed by atoms with Crippen molar-refractivity contribution in [1.82, 2.24) is 4.72 Å². The van der Waals surface area contributed by atoms with E-state index in [9.17, 15) is 18.0 Å². The SMILES string of the molecule is COC(=O)C[C@H](NS(=O)(=O)c1cccc(C#N)c1)C(=O)O. The Morgan fingerprint density at radius 1 is 1.48 bits per heavy atom. The van der Waals surface area contributed by atoms with E-state index in [1.165, 1.54) is 18.2 Å². The zero-order valence-corrected chi connectivity index (χ0v) is 11.8. The van der Waals surface area contributed by atoms with Crippen LogP contribution in [0, 0.1) is 11.3 Å². The van der Waals surface area contributed by atoms with E-state index in [1.54, 1.807) is 6.07 Å². The molecule has 2 N–H and O–H groups in total. The fraction of sp³-hybridized carbons (Fsp3) is 0.250. The van der Waals surface area contributed by atoms with Crippen LogP contribution in [0.3, 0.4) is 0 Å². The van der Waals surface area contributed by atoms with Gasteiger partial charge in [-0.25, -0.2) is 8.42 Å². The summed E-state index contributed by atoms with van der Waals surface area (Å²) in [5, 5.41) is 17.7. The third-order valence-electron chi connectivity index (χ3n) is 2.47. The first-order valence-corrected chi connectivity index (χ1v) is 7.10. The molecule has 1 aromatic carbocycles. The highest BCUT2D eigenvalue weighted by atomic mass is 32.2. The quantitative estimate of drug-likeness (QED) is 0.698. The molecule has 0 saturated carbocycles. The topological polar surface area (TPSA) is 134 Å². The summed E-state index contributed by atoms with van der Waals surface area (Å²) in [4.78, 5) is 21.8. The molecule has 0 aliphatic rings. The fourth-order valence-electron chi connectivity index (χ4n) is 1.42. The number of methoxy groups -OCH3 is 1. The zero-order valence-electron chi connectivity index (χ0n) is 10.9. The Morgan fingerprint density at radius 2 is 2.14 bits per heavy atom. The van der Waals surface area contributed by atoms with Crippen LogP contribution < -0.4 is 4.72 Å². The minimum atomic E-state index is -4.18. The number of ether oxygens (including phenoxy) is 1. The highest BCUT2D eigenvalue weighted by molar-refractivity contribution is 7.89. The summed E-state index contributed by atoms with van der Waals surface area (Å²) >= 11 is 0. The number of sulfonamides is 1. The number of hydrogen-bond donors (Lipinski definition) is 2. The summed E-state index contributed by atoms with van der Waals surface area (Å²) in [6.45, 7) is 0. The molecular weight excluding hydrogens is 300 g/mol. The van der Waals surface area contributed by atoms with Crippen molar-refractivity contribution in [2.75, 3.05) is 7.11 Å². The highest BCUT2D eigenvalue weighted by Gasteiger charge is 2.28. The summed E-state index contributed by atoms with van der Waals surface area (Å²) in [6.07, 6.45) is -0.650. The van der Waals surface area contributed by atoms with Crippen molar-refractivity contribution >= 4 is 22.0 Å². The second-order valence-electron chi connectivity index (χ2n) is 3.93. The molecule has 112 valence electrons. The average molecular weight is 312 g/mol. The Labute approximate surface area is 121 Å². The van der Waals surface area contributed by atoms with E-state index in [2.05, 4.69) is 4.74 Å². The number of esters is 1. The molecule has 0 saturated heterocycles. The van der Waals surface area contributed by atoms with Crippen LogP contribution in [-0.4, -0.2) is 38.6 Å². The van der Waals surface area contributed by atoms with Crippen LogP contribution in [0.4, 0.5) is 0 Å². The van der Waals surface area contributed by atoms with Gasteiger partial charge < -0.3 is 9.84 Å². The monoisotopic (exact) mass is 312 g/mol. The van der Waals surface area contributed by atoms with Gasteiger partial charge in [0.1, 0.15) is 6.04 Å². The number of carbonyl (C=O) groups is 2. The summed E-state index contributed by atoms with van der Waals surface area (Å²) in [6, 6.07) is 5.18.